The zero-order valence-electron chi connectivity index (χ0n) is 17.9. The summed E-state index contributed by atoms with van der Waals surface area (Å²) in [5.41, 5.74) is 2.61. The normalized spacial score (nSPS) is 15.2. The van der Waals surface area contributed by atoms with E-state index in [1.807, 2.05) is 65.6 Å². The molecule has 0 radical (unpaired) electrons. The van der Waals surface area contributed by atoms with Crippen molar-refractivity contribution in [3.63, 3.8) is 0 Å². The molecular weight excluding hydrogens is 406 g/mol. The fourth-order valence-corrected chi connectivity index (χ4v) is 3.96. The van der Waals surface area contributed by atoms with Crippen molar-refractivity contribution >= 4 is 11.9 Å². The molecule has 6 heteroatoms. The largest absolute Gasteiger partial charge is 0.493 e. The molecule has 1 atom stereocenters. The Bertz CT molecular complexity index is 1040. The average Bonchev–Trinajstić information content (AvgIpc) is 3.31. The van der Waals surface area contributed by atoms with Gasteiger partial charge in [-0.25, -0.2) is 0 Å². The van der Waals surface area contributed by atoms with Gasteiger partial charge in [0, 0.05) is 29.7 Å². The molecule has 4 rings (SSSR count). The summed E-state index contributed by atoms with van der Waals surface area (Å²) in [6, 6.07) is 19.1. The molecule has 0 spiro atoms. The van der Waals surface area contributed by atoms with Crippen molar-refractivity contribution in [2.24, 2.45) is 0 Å². The van der Waals surface area contributed by atoms with Crippen molar-refractivity contribution < 1.29 is 23.8 Å². The van der Waals surface area contributed by atoms with Gasteiger partial charge >= 0.3 is 5.97 Å². The summed E-state index contributed by atoms with van der Waals surface area (Å²) in [5.74, 6) is 0.818. The molecule has 1 aliphatic heterocycles. The number of carbonyl (C=O) groups is 2. The maximum Gasteiger partial charge on any atom is 0.303 e. The van der Waals surface area contributed by atoms with Crippen LogP contribution in [0.5, 0.6) is 5.75 Å². The van der Waals surface area contributed by atoms with Crippen molar-refractivity contribution in [2.45, 2.75) is 38.1 Å². The van der Waals surface area contributed by atoms with Gasteiger partial charge in [0.05, 0.1) is 18.9 Å². The minimum absolute atomic E-state index is 0.00420. The summed E-state index contributed by atoms with van der Waals surface area (Å²) >= 11 is 0. The molecule has 1 aliphatic rings. The summed E-state index contributed by atoms with van der Waals surface area (Å²) < 4.78 is 11.4. The summed E-state index contributed by atoms with van der Waals surface area (Å²) in [4.78, 5) is 25.6. The number of likely N-dealkylation sites (tertiary alicyclic amines) is 1. The third-order valence-corrected chi connectivity index (χ3v) is 5.79. The van der Waals surface area contributed by atoms with E-state index in [2.05, 4.69) is 0 Å². The van der Waals surface area contributed by atoms with Crippen LogP contribution in [0.25, 0.3) is 11.3 Å². The first-order chi connectivity index (χ1) is 15.6. The van der Waals surface area contributed by atoms with Crippen LogP contribution in [0.15, 0.2) is 71.3 Å². The smallest absolute Gasteiger partial charge is 0.303 e. The van der Waals surface area contributed by atoms with Crippen LogP contribution in [0.3, 0.4) is 0 Å². The van der Waals surface area contributed by atoms with E-state index in [0.29, 0.717) is 25.1 Å². The first-order valence-electron chi connectivity index (χ1n) is 11.0. The van der Waals surface area contributed by atoms with Gasteiger partial charge < -0.3 is 19.2 Å². The van der Waals surface area contributed by atoms with Crippen LogP contribution in [0.4, 0.5) is 0 Å². The lowest BCUT2D eigenvalue weighted by molar-refractivity contribution is -0.137. The second kappa shape index (κ2) is 10.2. The molecule has 1 N–H and O–H groups in total. The number of amides is 1. The minimum Gasteiger partial charge on any atom is -0.493 e. The predicted molar refractivity (Wildman–Crippen MR) is 121 cm³/mol. The molecule has 1 saturated heterocycles. The summed E-state index contributed by atoms with van der Waals surface area (Å²) in [6.45, 7) is 1.25. The van der Waals surface area contributed by atoms with Gasteiger partial charge in [0.15, 0.2) is 0 Å². The number of unbranched alkanes of at least 4 members (excludes halogenated alkanes) is 2. The molecular formula is C26H27NO5. The Morgan fingerprint density at radius 2 is 1.81 bits per heavy atom. The topological polar surface area (TPSA) is 80.0 Å². The molecule has 1 unspecified atom stereocenters. The number of carboxylic acids is 1. The Labute approximate surface area is 187 Å². The first kappa shape index (κ1) is 21.7. The molecule has 0 aliphatic carbocycles. The number of para-hydroxylation sites is 1. The highest BCUT2D eigenvalue weighted by Gasteiger charge is 2.35. The number of furan rings is 1. The van der Waals surface area contributed by atoms with E-state index in [1.54, 1.807) is 6.26 Å². The number of hydrogen-bond acceptors (Lipinski definition) is 4. The fourth-order valence-electron chi connectivity index (χ4n) is 3.96. The number of carboxylic acid groups (broad SMARTS) is 1. The van der Waals surface area contributed by atoms with Gasteiger partial charge in [-0.05, 0) is 56.0 Å². The van der Waals surface area contributed by atoms with Crippen LogP contribution in [0.2, 0.25) is 0 Å². The molecule has 2 heterocycles. The number of rotatable bonds is 10. The Hall–Kier alpha value is -3.54. The van der Waals surface area contributed by atoms with Crippen molar-refractivity contribution in [2.75, 3.05) is 13.2 Å². The van der Waals surface area contributed by atoms with E-state index >= 15 is 0 Å². The second-order valence-electron chi connectivity index (χ2n) is 7.95. The number of ether oxygens (including phenoxy) is 1. The minimum atomic E-state index is -0.762. The third-order valence-electron chi connectivity index (χ3n) is 5.79. The van der Waals surface area contributed by atoms with Gasteiger partial charge in [0.25, 0.3) is 5.91 Å². The van der Waals surface area contributed by atoms with E-state index in [1.165, 1.54) is 0 Å². The van der Waals surface area contributed by atoms with Crippen molar-refractivity contribution in [3.8, 4) is 17.1 Å². The number of nitrogens with zero attached hydrogens (tertiary/aromatic N) is 1. The van der Waals surface area contributed by atoms with E-state index in [4.69, 9.17) is 14.3 Å². The highest BCUT2D eigenvalue weighted by Crippen LogP contribution is 2.39. The molecule has 166 valence electrons. The second-order valence-corrected chi connectivity index (χ2v) is 7.95. The quantitative estimate of drug-likeness (QED) is 0.424. The highest BCUT2D eigenvalue weighted by molar-refractivity contribution is 5.95. The Morgan fingerprint density at radius 1 is 1.00 bits per heavy atom. The molecule has 3 aromatic rings. The fraction of sp³-hybridized carbons (Fsp3) is 0.308. The molecule has 1 aromatic heterocycles. The standard InChI is InChI=1S/C26H27NO5/c28-25(29)10-2-1-5-17-32-24-8-4-3-7-21(24)22-15-16-27(22)26(30)20-13-11-19(12-14-20)23-9-6-18-31-23/h3-4,6-9,11-14,18,22H,1-2,5,10,15-17H2,(H,28,29). The molecule has 2 aromatic carbocycles. The lowest BCUT2D eigenvalue weighted by Gasteiger charge is -2.42. The highest BCUT2D eigenvalue weighted by atomic mass is 16.5. The van der Waals surface area contributed by atoms with Crippen LogP contribution >= 0.6 is 0 Å². The summed E-state index contributed by atoms with van der Waals surface area (Å²) in [5, 5.41) is 8.72. The van der Waals surface area contributed by atoms with Crippen LogP contribution in [0.1, 0.15) is 54.1 Å². The van der Waals surface area contributed by atoms with Crippen LogP contribution in [-0.2, 0) is 4.79 Å². The Kier molecular flexibility index (Phi) is 6.90. The maximum atomic E-state index is 13.1. The third kappa shape index (κ3) is 5.02. The Morgan fingerprint density at radius 3 is 2.50 bits per heavy atom. The summed E-state index contributed by atoms with van der Waals surface area (Å²) in [7, 11) is 0. The zero-order valence-corrected chi connectivity index (χ0v) is 17.9. The zero-order chi connectivity index (χ0) is 22.3. The van der Waals surface area contributed by atoms with E-state index in [9.17, 15) is 9.59 Å². The van der Waals surface area contributed by atoms with Crippen LogP contribution in [-0.4, -0.2) is 35.0 Å². The predicted octanol–water partition coefficient (Wildman–Crippen LogP) is 5.56. The van der Waals surface area contributed by atoms with Gasteiger partial charge in [0.2, 0.25) is 0 Å². The van der Waals surface area contributed by atoms with Crippen molar-refractivity contribution in [3.05, 3.63) is 78.1 Å². The van der Waals surface area contributed by atoms with Gasteiger partial charge in [-0.1, -0.05) is 30.3 Å². The number of benzene rings is 2. The van der Waals surface area contributed by atoms with Crippen LogP contribution in [0, 0.1) is 0 Å². The first-order valence-corrected chi connectivity index (χ1v) is 11.0. The monoisotopic (exact) mass is 433 g/mol. The van der Waals surface area contributed by atoms with Gasteiger partial charge in [-0.3, -0.25) is 9.59 Å². The maximum absolute atomic E-state index is 13.1. The molecule has 1 fully saturated rings. The van der Waals surface area contributed by atoms with Crippen molar-refractivity contribution in [1.82, 2.24) is 4.90 Å². The van der Waals surface area contributed by atoms with E-state index < -0.39 is 5.97 Å². The average molecular weight is 434 g/mol. The molecule has 6 nitrogen and oxygen atoms in total. The van der Waals surface area contributed by atoms with E-state index in [0.717, 1.165) is 41.9 Å². The molecule has 32 heavy (non-hydrogen) atoms. The van der Waals surface area contributed by atoms with Crippen molar-refractivity contribution in [1.29, 1.82) is 0 Å². The molecule has 0 saturated carbocycles. The molecule has 1 amide bonds. The summed E-state index contributed by atoms with van der Waals surface area (Å²) in [6.07, 6.45) is 5.00. The van der Waals surface area contributed by atoms with E-state index in [-0.39, 0.29) is 18.4 Å². The number of hydrogen-bond donors (Lipinski definition) is 1. The lowest BCUT2D eigenvalue weighted by Crippen LogP contribution is -2.45. The molecule has 0 bridgehead atoms. The Balaban J connectivity index is 1.37. The van der Waals surface area contributed by atoms with Gasteiger partial charge in [-0.2, -0.15) is 0 Å². The van der Waals surface area contributed by atoms with Crippen LogP contribution < -0.4 is 4.74 Å². The lowest BCUT2D eigenvalue weighted by atomic mass is 9.92. The van der Waals surface area contributed by atoms with Gasteiger partial charge in [0.1, 0.15) is 11.5 Å². The number of aliphatic carboxylic acids is 1. The van der Waals surface area contributed by atoms with Gasteiger partial charge in [-0.15, -0.1) is 0 Å². The number of carbonyl (C=O) groups excluding carboxylic acids is 1. The SMILES string of the molecule is O=C(O)CCCCCOc1ccccc1C1CCN1C(=O)c1ccc(-c2ccco2)cc1.